The lowest BCUT2D eigenvalue weighted by atomic mass is 9.99. The minimum Gasteiger partial charge on any atom is -0.484 e. The molecule has 0 saturated carbocycles. The Bertz CT molecular complexity index is 1340. The van der Waals surface area contributed by atoms with Crippen molar-refractivity contribution in [3.63, 3.8) is 0 Å². The molecule has 0 aliphatic carbocycles. The molecule has 0 spiro atoms. The number of nitrogens with zero attached hydrogens (tertiary/aromatic N) is 3. The minimum atomic E-state index is -0.712. The van der Waals surface area contributed by atoms with Crippen molar-refractivity contribution in [1.29, 1.82) is 0 Å². The molecule has 8 heteroatoms. The topological polar surface area (TPSA) is 88.7 Å². The van der Waals surface area contributed by atoms with Crippen molar-refractivity contribution < 1.29 is 19.1 Å². The Labute approximate surface area is 214 Å². The highest BCUT2D eigenvalue weighted by atomic mass is 32.2. The molecular weight excluding hydrogens is 474 g/mol. The summed E-state index contributed by atoms with van der Waals surface area (Å²) in [5, 5.41) is 17.8. The second-order valence-corrected chi connectivity index (χ2v) is 9.81. The lowest BCUT2D eigenvalue weighted by Gasteiger charge is -2.36. The first-order chi connectivity index (χ1) is 17.5. The van der Waals surface area contributed by atoms with Gasteiger partial charge in [-0.1, -0.05) is 78.5 Å². The molecular formula is C28H27N3O4S. The number of thioether (sulfide) groups is 1. The van der Waals surface area contributed by atoms with E-state index in [-0.39, 0.29) is 12.5 Å². The zero-order chi connectivity index (χ0) is 24.9. The normalized spacial score (nSPS) is 13.9. The molecule has 0 amide bonds. The van der Waals surface area contributed by atoms with E-state index in [0.717, 1.165) is 34.5 Å². The summed E-state index contributed by atoms with van der Waals surface area (Å²) in [5.41, 5.74) is 5.67. The van der Waals surface area contributed by atoms with Crippen LogP contribution in [0.5, 0.6) is 5.75 Å². The average molecular weight is 502 g/mol. The number of carbonyl (C=O) groups is 1. The first-order valence-corrected chi connectivity index (χ1v) is 12.8. The number of ether oxygens (including phenoxy) is 1. The predicted octanol–water partition coefficient (Wildman–Crippen LogP) is 5.43. The van der Waals surface area contributed by atoms with E-state index in [1.54, 1.807) is 0 Å². The van der Waals surface area contributed by atoms with Gasteiger partial charge in [0.15, 0.2) is 6.61 Å². The summed E-state index contributed by atoms with van der Waals surface area (Å²) in [7, 11) is 0. The molecule has 184 valence electrons. The zero-order valence-electron chi connectivity index (χ0n) is 20.0. The highest BCUT2D eigenvalue weighted by molar-refractivity contribution is 7.98. The van der Waals surface area contributed by atoms with Crippen molar-refractivity contribution in [2.24, 2.45) is 5.92 Å². The summed E-state index contributed by atoms with van der Waals surface area (Å²) in [5.74, 6) is 0.971. The van der Waals surface area contributed by atoms with Crippen LogP contribution in [0.2, 0.25) is 0 Å². The molecule has 0 radical (unpaired) electrons. The zero-order valence-corrected chi connectivity index (χ0v) is 20.8. The summed E-state index contributed by atoms with van der Waals surface area (Å²) >= 11 is 1.48. The molecule has 36 heavy (non-hydrogen) atoms. The van der Waals surface area contributed by atoms with Crippen LogP contribution in [-0.4, -0.2) is 39.3 Å². The first kappa shape index (κ1) is 24.1. The molecule has 1 aliphatic heterocycles. The number of hydrogen-bond acceptors (Lipinski definition) is 7. The Kier molecular flexibility index (Phi) is 7.34. The number of aliphatic carboxylic acids is 1. The van der Waals surface area contributed by atoms with Gasteiger partial charge in [0, 0.05) is 25.4 Å². The second kappa shape index (κ2) is 11.0. The molecule has 1 fully saturated rings. The Morgan fingerprint density at radius 2 is 1.83 bits per heavy atom. The molecule has 0 bridgehead atoms. The number of likely N-dealkylation sites (tertiary alicyclic amines) is 1. The second-order valence-electron chi connectivity index (χ2n) is 8.88. The Balaban J connectivity index is 1.14. The maximum atomic E-state index is 11.0. The van der Waals surface area contributed by atoms with Gasteiger partial charge in [-0.15, -0.1) is 10.2 Å². The van der Waals surface area contributed by atoms with Crippen LogP contribution in [0.25, 0.3) is 11.1 Å². The van der Waals surface area contributed by atoms with E-state index in [0.29, 0.717) is 30.0 Å². The number of carboxylic acid groups (broad SMARTS) is 1. The molecule has 4 aromatic rings. The number of benzene rings is 3. The van der Waals surface area contributed by atoms with Gasteiger partial charge in [-0.05, 0) is 40.8 Å². The molecule has 1 saturated heterocycles. The van der Waals surface area contributed by atoms with Crippen molar-refractivity contribution in [2.45, 2.75) is 31.1 Å². The molecule has 7 nitrogen and oxygen atoms in total. The first-order valence-electron chi connectivity index (χ1n) is 11.8. The van der Waals surface area contributed by atoms with Crippen molar-refractivity contribution in [3.8, 4) is 16.9 Å². The number of hydrogen-bond donors (Lipinski definition) is 1. The smallest absolute Gasteiger partial charge is 0.309 e. The van der Waals surface area contributed by atoms with Crippen LogP contribution in [0.15, 0.2) is 82.4 Å². The molecule has 0 atom stereocenters. The molecule has 1 N–H and O–H groups in total. The van der Waals surface area contributed by atoms with Crippen molar-refractivity contribution in [2.75, 3.05) is 13.1 Å². The van der Waals surface area contributed by atoms with Gasteiger partial charge in [0.25, 0.3) is 11.1 Å². The van der Waals surface area contributed by atoms with E-state index in [9.17, 15) is 4.79 Å². The largest absolute Gasteiger partial charge is 0.484 e. The van der Waals surface area contributed by atoms with Crippen LogP contribution >= 0.6 is 11.8 Å². The van der Waals surface area contributed by atoms with Gasteiger partial charge in [0.2, 0.25) is 0 Å². The average Bonchev–Trinajstić information content (AvgIpc) is 3.32. The minimum absolute atomic E-state index is 0.204. The summed E-state index contributed by atoms with van der Waals surface area (Å²) in [6.07, 6.45) is 0. The van der Waals surface area contributed by atoms with Gasteiger partial charge in [-0.25, -0.2) is 0 Å². The SMILES string of the molecule is Cc1c(OCc2nnc(SCc3cccc(CN4CC(C(=O)O)C4)c3)o2)cccc1-c1ccccc1. The van der Waals surface area contributed by atoms with E-state index in [2.05, 4.69) is 51.5 Å². The van der Waals surface area contributed by atoms with Gasteiger partial charge in [0.05, 0.1) is 5.92 Å². The van der Waals surface area contributed by atoms with Crippen LogP contribution in [0.3, 0.4) is 0 Å². The van der Waals surface area contributed by atoms with E-state index >= 15 is 0 Å². The summed E-state index contributed by atoms with van der Waals surface area (Å²) < 4.78 is 11.8. The van der Waals surface area contributed by atoms with Crippen molar-refractivity contribution in [3.05, 3.63) is 95.4 Å². The van der Waals surface area contributed by atoms with Crippen molar-refractivity contribution >= 4 is 17.7 Å². The van der Waals surface area contributed by atoms with E-state index in [4.69, 9.17) is 14.3 Å². The van der Waals surface area contributed by atoms with Gasteiger partial charge < -0.3 is 14.3 Å². The highest BCUT2D eigenvalue weighted by Crippen LogP contribution is 2.30. The molecule has 1 aromatic heterocycles. The molecule has 2 heterocycles. The third-order valence-corrected chi connectivity index (χ3v) is 7.12. The van der Waals surface area contributed by atoms with E-state index < -0.39 is 5.97 Å². The third-order valence-electron chi connectivity index (χ3n) is 6.23. The fraction of sp³-hybridized carbons (Fsp3) is 0.250. The van der Waals surface area contributed by atoms with E-state index in [1.165, 1.54) is 17.3 Å². The predicted molar refractivity (Wildman–Crippen MR) is 138 cm³/mol. The number of carboxylic acids is 1. The van der Waals surface area contributed by atoms with Gasteiger partial charge in [0.1, 0.15) is 5.75 Å². The fourth-order valence-corrected chi connectivity index (χ4v) is 5.00. The molecule has 0 unspecified atom stereocenters. The van der Waals surface area contributed by atoms with Crippen LogP contribution < -0.4 is 4.74 Å². The molecule has 5 rings (SSSR count). The summed E-state index contributed by atoms with van der Waals surface area (Å²) in [6, 6.07) is 24.6. The highest BCUT2D eigenvalue weighted by Gasteiger charge is 2.32. The Morgan fingerprint density at radius 1 is 1.06 bits per heavy atom. The quantitative estimate of drug-likeness (QED) is 0.288. The Hall–Kier alpha value is -3.62. The number of aromatic nitrogens is 2. The van der Waals surface area contributed by atoms with Crippen LogP contribution in [0.4, 0.5) is 0 Å². The lowest BCUT2D eigenvalue weighted by Crippen LogP contribution is -2.49. The Morgan fingerprint density at radius 3 is 2.64 bits per heavy atom. The van der Waals surface area contributed by atoms with E-state index in [1.807, 2.05) is 43.3 Å². The maximum absolute atomic E-state index is 11.0. The monoisotopic (exact) mass is 501 g/mol. The van der Waals surface area contributed by atoms with Gasteiger partial charge in [-0.3, -0.25) is 9.69 Å². The molecule has 1 aliphatic rings. The summed E-state index contributed by atoms with van der Waals surface area (Å²) in [6.45, 7) is 4.23. The molecule has 3 aromatic carbocycles. The standard InChI is InChI=1S/C28H27N3O4S/c1-19-24(22-9-3-2-4-10-22)11-6-12-25(19)34-17-26-29-30-28(35-26)36-18-21-8-5-7-20(13-21)14-31-15-23(16-31)27(32)33/h2-13,23H,14-18H2,1H3,(H,32,33). The third kappa shape index (κ3) is 5.78. The van der Waals surface area contributed by atoms with Crippen LogP contribution in [0.1, 0.15) is 22.6 Å². The van der Waals surface area contributed by atoms with Gasteiger partial charge >= 0.3 is 5.97 Å². The van der Waals surface area contributed by atoms with Crippen LogP contribution in [0, 0.1) is 12.8 Å². The maximum Gasteiger partial charge on any atom is 0.309 e. The van der Waals surface area contributed by atoms with Crippen LogP contribution in [-0.2, 0) is 23.7 Å². The fourth-order valence-electron chi connectivity index (χ4n) is 4.27. The van der Waals surface area contributed by atoms with Crippen molar-refractivity contribution in [1.82, 2.24) is 15.1 Å². The number of rotatable bonds is 10. The summed E-state index contributed by atoms with van der Waals surface area (Å²) in [4.78, 5) is 13.1. The lowest BCUT2D eigenvalue weighted by molar-refractivity contribution is -0.147. The van der Waals surface area contributed by atoms with Gasteiger partial charge in [-0.2, -0.15) is 0 Å².